The molecule has 0 saturated heterocycles. The fourth-order valence-corrected chi connectivity index (χ4v) is 1.66. The van der Waals surface area contributed by atoms with E-state index in [0.717, 1.165) is 30.5 Å². The van der Waals surface area contributed by atoms with Crippen molar-refractivity contribution in [2.75, 3.05) is 26.7 Å². The minimum absolute atomic E-state index is 1.06. The third-order valence-corrected chi connectivity index (χ3v) is 2.81. The van der Waals surface area contributed by atoms with Crippen LogP contribution in [0, 0.1) is 0 Å². The number of benzene rings is 1. The van der Waals surface area contributed by atoms with Crippen LogP contribution in [0.3, 0.4) is 0 Å². The number of hydrogen-bond donors (Lipinski definition) is 2. The average molecular weight is 271 g/mol. The lowest BCUT2D eigenvalue weighted by Crippen LogP contribution is -2.21. The number of rotatable bonds is 7. The second-order valence-corrected chi connectivity index (χ2v) is 4.50. The summed E-state index contributed by atoms with van der Waals surface area (Å²) in [6.45, 7) is 3.24. The Balaban J connectivity index is 2.07. The van der Waals surface area contributed by atoms with Gasteiger partial charge in [0.1, 0.15) is 0 Å². The van der Waals surface area contributed by atoms with E-state index in [-0.39, 0.29) is 0 Å². The lowest BCUT2D eigenvalue weighted by Gasteiger charge is -2.04. The molecule has 0 aromatic heterocycles. The SMILES string of the molecule is CNCCCNCCc1ccc(Br)cc1. The summed E-state index contributed by atoms with van der Waals surface area (Å²) >= 11 is 3.43. The number of nitrogens with one attached hydrogen (secondary N) is 2. The van der Waals surface area contributed by atoms with Crippen molar-refractivity contribution in [3.8, 4) is 0 Å². The number of hydrogen-bond acceptors (Lipinski definition) is 2. The van der Waals surface area contributed by atoms with E-state index in [1.54, 1.807) is 0 Å². The summed E-state index contributed by atoms with van der Waals surface area (Å²) in [5.41, 5.74) is 1.39. The summed E-state index contributed by atoms with van der Waals surface area (Å²) in [6.07, 6.45) is 2.30. The maximum atomic E-state index is 3.43. The molecule has 1 aromatic rings. The van der Waals surface area contributed by atoms with Crippen LogP contribution in [-0.2, 0) is 6.42 Å². The van der Waals surface area contributed by atoms with Crippen molar-refractivity contribution in [1.82, 2.24) is 10.6 Å². The summed E-state index contributed by atoms with van der Waals surface area (Å²) in [4.78, 5) is 0. The molecule has 0 atom stereocenters. The molecular weight excluding hydrogens is 252 g/mol. The van der Waals surface area contributed by atoms with Crippen molar-refractivity contribution in [2.45, 2.75) is 12.8 Å². The minimum atomic E-state index is 1.06. The molecule has 0 aliphatic heterocycles. The van der Waals surface area contributed by atoms with Gasteiger partial charge in [-0.15, -0.1) is 0 Å². The van der Waals surface area contributed by atoms with Crippen LogP contribution in [-0.4, -0.2) is 26.7 Å². The second kappa shape index (κ2) is 7.85. The summed E-state index contributed by atoms with van der Waals surface area (Å²) in [5, 5.41) is 6.57. The van der Waals surface area contributed by atoms with E-state index in [2.05, 4.69) is 50.8 Å². The van der Waals surface area contributed by atoms with Gasteiger partial charge in [0, 0.05) is 4.47 Å². The fraction of sp³-hybridized carbons (Fsp3) is 0.500. The highest BCUT2D eigenvalue weighted by atomic mass is 79.9. The minimum Gasteiger partial charge on any atom is -0.320 e. The molecule has 0 fully saturated rings. The Morgan fingerprint density at radius 3 is 2.47 bits per heavy atom. The van der Waals surface area contributed by atoms with Gasteiger partial charge in [0.15, 0.2) is 0 Å². The fourth-order valence-electron chi connectivity index (χ4n) is 1.40. The van der Waals surface area contributed by atoms with Crippen LogP contribution in [0.15, 0.2) is 28.7 Å². The van der Waals surface area contributed by atoms with E-state index in [4.69, 9.17) is 0 Å². The van der Waals surface area contributed by atoms with Gasteiger partial charge >= 0.3 is 0 Å². The highest BCUT2D eigenvalue weighted by Crippen LogP contribution is 2.10. The molecule has 1 aromatic carbocycles. The maximum Gasteiger partial charge on any atom is 0.0175 e. The van der Waals surface area contributed by atoms with E-state index >= 15 is 0 Å². The zero-order chi connectivity index (χ0) is 10.9. The molecule has 0 spiro atoms. The third kappa shape index (κ3) is 5.92. The molecule has 2 nitrogen and oxygen atoms in total. The monoisotopic (exact) mass is 270 g/mol. The Labute approximate surface area is 101 Å². The predicted molar refractivity (Wildman–Crippen MR) is 69.3 cm³/mol. The van der Waals surface area contributed by atoms with Crippen molar-refractivity contribution in [3.05, 3.63) is 34.3 Å². The lowest BCUT2D eigenvalue weighted by atomic mass is 10.1. The van der Waals surface area contributed by atoms with Crippen molar-refractivity contribution >= 4 is 15.9 Å². The molecule has 0 heterocycles. The summed E-state index contributed by atoms with van der Waals surface area (Å²) < 4.78 is 1.15. The van der Waals surface area contributed by atoms with Crippen LogP contribution in [0.1, 0.15) is 12.0 Å². The molecule has 0 bridgehead atoms. The zero-order valence-electron chi connectivity index (χ0n) is 9.22. The second-order valence-electron chi connectivity index (χ2n) is 3.58. The smallest absolute Gasteiger partial charge is 0.0175 e. The molecule has 0 aliphatic rings. The zero-order valence-corrected chi connectivity index (χ0v) is 10.8. The first kappa shape index (κ1) is 12.7. The molecule has 2 N–H and O–H groups in total. The Bertz CT molecular complexity index is 259. The Hall–Kier alpha value is -0.380. The maximum absolute atomic E-state index is 3.43. The van der Waals surface area contributed by atoms with Gasteiger partial charge in [-0.25, -0.2) is 0 Å². The molecule has 0 saturated carbocycles. The van der Waals surface area contributed by atoms with Crippen LogP contribution in [0.2, 0.25) is 0 Å². The molecule has 1 rings (SSSR count). The van der Waals surface area contributed by atoms with E-state index in [9.17, 15) is 0 Å². The topological polar surface area (TPSA) is 24.1 Å². The molecule has 0 unspecified atom stereocenters. The lowest BCUT2D eigenvalue weighted by molar-refractivity contribution is 0.625. The van der Waals surface area contributed by atoms with Gasteiger partial charge in [0.2, 0.25) is 0 Å². The van der Waals surface area contributed by atoms with Crippen LogP contribution < -0.4 is 10.6 Å². The van der Waals surface area contributed by atoms with Gasteiger partial charge in [-0.05, 0) is 57.2 Å². The normalized spacial score (nSPS) is 10.5. The van der Waals surface area contributed by atoms with Crippen molar-refractivity contribution in [2.24, 2.45) is 0 Å². The van der Waals surface area contributed by atoms with Gasteiger partial charge in [0.05, 0.1) is 0 Å². The largest absolute Gasteiger partial charge is 0.320 e. The van der Waals surface area contributed by atoms with E-state index in [1.165, 1.54) is 12.0 Å². The molecule has 0 aliphatic carbocycles. The highest BCUT2D eigenvalue weighted by molar-refractivity contribution is 9.10. The predicted octanol–water partition coefficient (Wildman–Crippen LogP) is 2.19. The first-order valence-electron chi connectivity index (χ1n) is 5.42. The first-order chi connectivity index (χ1) is 7.33. The summed E-state index contributed by atoms with van der Waals surface area (Å²) in [5.74, 6) is 0. The van der Waals surface area contributed by atoms with E-state index in [0.29, 0.717) is 0 Å². The molecule has 3 heteroatoms. The van der Waals surface area contributed by atoms with Crippen molar-refractivity contribution in [1.29, 1.82) is 0 Å². The van der Waals surface area contributed by atoms with Gasteiger partial charge in [-0.3, -0.25) is 0 Å². The summed E-state index contributed by atoms with van der Waals surface area (Å²) in [7, 11) is 1.99. The van der Waals surface area contributed by atoms with Gasteiger partial charge in [-0.1, -0.05) is 28.1 Å². The molecular formula is C12H19BrN2. The van der Waals surface area contributed by atoms with Crippen LogP contribution in [0.25, 0.3) is 0 Å². The quantitative estimate of drug-likeness (QED) is 0.743. The Morgan fingerprint density at radius 1 is 1.07 bits per heavy atom. The third-order valence-electron chi connectivity index (χ3n) is 2.28. The standard InChI is InChI=1S/C12H19BrN2/c1-14-8-2-9-15-10-7-11-3-5-12(13)6-4-11/h3-6,14-15H,2,7-10H2,1H3. The van der Waals surface area contributed by atoms with E-state index in [1.807, 2.05) is 7.05 Å². The van der Waals surface area contributed by atoms with Crippen molar-refractivity contribution < 1.29 is 0 Å². The molecule has 84 valence electrons. The molecule has 0 amide bonds. The van der Waals surface area contributed by atoms with Gasteiger partial charge < -0.3 is 10.6 Å². The van der Waals surface area contributed by atoms with Gasteiger partial charge in [-0.2, -0.15) is 0 Å². The number of halogens is 1. The van der Waals surface area contributed by atoms with Crippen LogP contribution >= 0.6 is 15.9 Å². The Kier molecular flexibility index (Phi) is 6.64. The van der Waals surface area contributed by atoms with Crippen molar-refractivity contribution in [3.63, 3.8) is 0 Å². The van der Waals surface area contributed by atoms with Gasteiger partial charge in [0.25, 0.3) is 0 Å². The Morgan fingerprint density at radius 2 is 1.80 bits per heavy atom. The molecule has 0 radical (unpaired) electrons. The highest BCUT2D eigenvalue weighted by Gasteiger charge is 1.92. The molecule has 15 heavy (non-hydrogen) atoms. The average Bonchev–Trinajstić information content (AvgIpc) is 2.26. The van der Waals surface area contributed by atoms with E-state index < -0.39 is 0 Å². The summed E-state index contributed by atoms with van der Waals surface area (Å²) in [6, 6.07) is 8.52. The van der Waals surface area contributed by atoms with Crippen LogP contribution in [0.4, 0.5) is 0 Å². The first-order valence-corrected chi connectivity index (χ1v) is 6.22. The van der Waals surface area contributed by atoms with Crippen LogP contribution in [0.5, 0.6) is 0 Å².